The number of esters is 1. The Kier molecular flexibility index (Phi) is 4.39. The summed E-state index contributed by atoms with van der Waals surface area (Å²) in [5.41, 5.74) is 2.87. The third-order valence-corrected chi connectivity index (χ3v) is 3.74. The van der Waals surface area contributed by atoms with Crippen LogP contribution in [-0.4, -0.2) is 17.0 Å². The number of nitrogens with one attached hydrogen (secondary N) is 1. The molecule has 0 saturated heterocycles. The molecular formula is C19H16N2O2. The SMILES string of the molecule is [C-]#[N+]C(Cc1c[nH]c2ccccc12)C(=O)OCc1ccccc1. The van der Waals surface area contributed by atoms with Gasteiger partial charge in [-0.3, -0.25) is 0 Å². The van der Waals surface area contributed by atoms with Crippen molar-refractivity contribution in [2.75, 3.05) is 0 Å². The molecule has 3 aromatic rings. The standard InChI is InChI=1S/C19H16N2O2/c1-20-18(19(22)23-13-14-7-3-2-4-8-14)11-15-12-21-17-10-6-5-9-16(15)17/h2-10,12,18,21H,11,13H2. The van der Waals surface area contributed by atoms with Gasteiger partial charge in [0.2, 0.25) is 0 Å². The lowest BCUT2D eigenvalue weighted by Gasteiger charge is -2.07. The number of rotatable bonds is 5. The highest BCUT2D eigenvalue weighted by atomic mass is 16.5. The summed E-state index contributed by atoms with van der Waals surface area (Å²) >= 11 is 0. The van der Waals surface area contributed by atoms with Gasteiger partial charge >= 0.3 is 12.0 Å². The number of H-pyrrole nitrogens is 1. The third-order valence-electron chi connectivity index (χ3n) is 3.74. The highest BCUT2D eigenvalue weighted by Crippen LogP contribution is 2.20. The van der Waals surface area contributed by atoms with E-state index in [1.807, 2.05) is 60.8 Å². The predicted molar refractivity (Wildman–Crippen MR) is 88.6 cm³/mol. The number of aromatic nitrogens is 1. The van der Waals surface area contributed by atoms with E-state index in [0.29, 0.717) is 6.42 Å². The van der Waals surface area contributed by atoms with E-state index >= 15 is 0 Å². The summed E-state index contributed by atoms with van der Waals surface area (Å²) < 4.78 is 5.28. The normalized spacial score (nSPS) is 11.8. The summed E-state index contributed by atoms with van der Waals surface area (Å²) in [6, 6.07) is 16.5. The molecule has 1 atom stereocenters. The van der Waals surface area contributed by atoms with Crippen LogP contribution in [0.3, 0.4) is 0 Å². The molecule has 1 aromatic heterocycles. The molecule has 4 heteroatoms. The maximum Gasteiger partial charge on any atom is 0.390 e. The van der Waals surface area contributed by atoms with E-state index in [4.69, 9.17) is 11.3 Å². The van der Waals surface area contributed by atoms with Crippen molar-refractivity contribution in [2.45, 2.75) is 19.1 Å². The maximum absolute atomic E-state index is 12.2. The lowest BCUT2D eigenvalue weighted by atomic mass is 10.1. The van der Waals surface area contributed by atoms with Crippen molar-refractivity contribution >= 4 is 16.9 Å². The summed E-state index contributed by atoms with van der Waals surface area (Å²) in [5.74, 6) is -0.478. The fraction of sp³-hybridized carbons (Fsp3) is 0.158. The zero-order chi connectivity index (χ0) is 16.1. The Bertz CT molecular complexity index is 846. The van der Waals surface area contributed by atoms with Gasteiger partial charge in [-0.15, -0.1) is 0 Å². The van der Waals surface area contributed by atoms with Gasteiger partial charge in [-0.25, -0.2) is 11.4 Å². The van der Waals surface area contributed by atoms with Gasteiger partial charge in [-0.2, -0.15) is 0 Å². The first-order valence-corrected chi connectivity index (χ1v) is 7.40. The Hall–Kier alpha value is -3.06. The Balaban J connectivity index is 1.68. The predicted octanol–water partition coefficient (Wildman–Crippen LogP) is 3.74. The van der Waals surface area contributed by atoms with Gasteiger partial charge in [-0.1, -0.05) is 48.5 Å². The number of aromatic amines is 1. The molecule has 114 valence electrons. The van der Waals surface area contributed by atoms with Crippen LogP contribution in [0.25, 0.3) is 15.7 Å². The van der Waals surface area contributed by atoms with Crippen molar-refractivity contribution in [1.82, 2.24) is 4.98 Å². The van der Waals surface area contributed by atoms with Crippen LogP contribution in [0.15, 0.2) is 60.8 Å². The molecule has 3 rings (SSSR count). The van der Waals surface area contributed by atoms with Gasteiger partial charge in [-0.05, 0) is 17.2 Å². The Labute approximate surface area is 134 Å². The van der Waals surface area contributed by atoms with E-state index in [0.717, 1.165) is 22.0 Å². The zero-order valence-corrected chi connectivity index (χ0v) is 12.5. The second-order valence-corrected chi connectivity index (χ2v) is 5.30. The molecule has 0 bridgehead atoms. The second-order valence-electron chi connectivity index (χ2n) is 5.30. The van der Waals surface area contributed by atoms with Crippen molar-refractivity contribution in [3.63, 3.8) is 0 Å². The quantitative estimate of drug-likeness (QED) is 0.576. The Morgan fingerprint density at radius 3 is 2.65 bits per heavy atom. The smallest absolute Gasteiger partial charge is 0.390 e. The number of fused-ring (bicyclic) bond motifs is 1. The molecule has 0 radical (unpaired) electrons. The first-order chi connectivity index (χ1) is 11.3. The van der Waals surface area contributed by atoms with E-state index in [9.17, 15) is 4.79 Å². The third kappa shape index (κ3) is 3.41. The van der Waals surface area contributed by atoms with Crippen molar-refractivity contribution in [1.29, 1.82) is 0 Å². The van der Waals surface area contributed by atoms with E-state index in [-0.39, 0.29) is 6.61 Å². The number of hydrogen-bond acceptors (Lipinski definition) is 2. The molecule has 1 heterocycles. The van der Waals surface area contributed by atoms with E-state index in [1.165, 1.54) is 0 Å². The van der Waals surface area contributed by atoms with Crippen LogP contribution in [0, 0.1) is 6.57 Å². The van der Waals surface area contributed by atoms with Crippen LogP contribution in [0.5, 0.6) is 0 Å². The lowest BCUT2D eigenvalue weighted by molar-refractivity contribution is -0.145. The minimum absolute atomic E-state index is 0.194. The molecule has 1 unspecified atom stereocenters. The highest BCUT2D eigenvalue weighted by Gasteiger charge is 2.26. The second kappa shape index (κ2) is 6.80. The van der Waals surface area contributed by atoms with E-state index in [1.54, 1.807) is 0 Å². The number of nitrogens with zero attached hydrogens (tertiary/aromatic N) is 1. The summed E-state index contributed by atoms with van der Waals surface area (Å²) in [4.78, 5) is 18.8. The summed E-state index contributed by atoms with van der Waals surface area (Å²) in [6.45, 7) is 7.49. The molecule has 0 fully saturated rings. The number of benzene rings is 2. The topological polar surface area (TPSA) is 46.5 Å². The van der Waals surface area contributed by atoms with Crippen LogP contribution in [-0.2, 0) is 22.6 Å². The van der Waals surface area contributed by atoms with Crippen LogP contribution in [0.4, 0.5) is 0 Å². The number of carbonyl (C=O) groups is 1. The first kappa shape index (κ1) is 14.9. The van der Waals surface area contributed by atoms with Crippen LogP contribution in [0.1, 0.15) is 11.1 Å². The number of ether oxygens (including phenoxy) is 1. The van der Waals surface area contributed by atoms with Gasteiger partial charge in [0.25, 0.3) is 0 Å². The van der Waals surface area contributed by atoms with Gasteiger partial charge < -0.3 is 14.6 Å². The molecule has 0 saturated carbocycles. The number of carbonyl (C=O) groups excluding carboxylic acids is 1. The van der Waals surface area contributed by atoms with Crippen LogP contribution < -0.4 is 0 Å². The van der Waals surface area contributed by atoms with Crippen molar-refractivity contribution < 1.29 is 9.53 Å². The monoisotopic (exact) mass is 304 g/mol. The highest BCUT2D eigenvalue weighted by molar-refractivity contribution is 5.85. The van der Waals surface area contributed by atoms with Crippen LogP contribution in [0.2, 0.25) is 0 Å². The van der Waals surface area contributed by atoms with Crippen molar-refractivity contribution in [3.05, 3.63) is 83.3 Å². The van der Waals surface area contributed by atoms with Gasteiger partial charge in [0.1, 0.15) is 6.61 Å². The molecule has 1 N–H and O–H groups in total. The summed E-state index contributed by atoms with van der Waals surface area (Å²) in [6.07, 6.45) is 2.20. The zero-order valence-electron chi connectivity index (χ0n) is 12.5. The van der Waals surface area contributed by atoms with Crippen LogP contribution >= 0.6 is 0 Å². The fourth-order valence-electron chi connectivity index (χ4n) is 2.52. The molecule has 2 aromatic carbocycles. The first-order valence-electron chi connectivity index (χ1n) is 7.40. The maximum atomic E-state index is 12.2. The van der Waals surface area contributed by atoms with Gasteiger partial charge in [0.05, 0.1) is 6.42 Å². The molecule has 0 aliphatic heterocycles. The Morgan fingerprint density at radius 2 is 1.87 bits per heavy atom. The van der Waals surface area contributed by atoms with Gasteiger partial charge in [0.15, 0.2) is 0 Å². The molecule has 0 spiro atoms. The molecule has 23 heavy (non-hydrogen) atoms. The lowest BCUT2D eigenvalue weighted by Crippen LogP contribution is -2.22. The van der Waals surface area contributed by atoms with Crippen molar-refractivity contribution in [2.24, 2.45) is 0 Å². The summed E-state index contributed by atoms with van der Waals surface area (Å²) in [7, 11) is 0. The largest absolute Gasteiger partial charge is 0.455 e. The Morgan fingerprint density at radius 1 is 1.13 bits per heavy atom. The molecule has 0 amide bonds. The minimum Gasteiger partial charge on any atom is -0.455 e. The molecule has 4 nitrogen and oxygen atoms in total. The fourth-order valence-corrected chi connectivity index (χ4v) is 2.52. The van der Waals surface area contributed by atoms with Crippen molar-refractivity contribution in [3.8, 4) is 0 Å². The van der Waals surface area contributed by atoms with E-state index < -0.39 is 12.0 Å². The minimum atomic E-state index is -0.821. The molecular weight excluding hydrogens is 288 g/mol. The van der Waals surface area contributed by atoms with E-state index in [2.05, 4.69) is 9.83 Å². The number of hydrogen-bond donors (Lipinski definition) is 1. The molecule has 0 aliphatic rings. The molecule has 0 aliphatic carbocycles. The summed E-state index contributed by atoms with van der Waals surface area (Å²) in [5, 5.41) is 1.04. The average Bonchev–Trinajstić information content (AvgIpc) is 3.01. The average molecular weight is 304 g/mol. The van der Waals surface area contributed by atoms with Gasteiger partial charge in [0, 0.05) is 17.1 Å². The number of para-hydroxylation sites is 1.